The van der Waals surface area contributed by atoms with Crippen molar-refractivity contribution >= 4 is 6.03 Å². The van der Waals surface area contributed by atoms with Crippen LogP contribution >= 0.6 is 0 Å². The van der Waals surface area contributed by atoms with Crippen molar-refractivity contribution < 1.29 is 4.79 Å². The molecule has 2 aliphatic rings. The molecule has 2 fully saturated rings. The third-order valence-electron chi connectivity index (χ3n) is 4.41. The van der Waals surface area contributed by atoms with E-state index in [1.807, 2.05) is 4.90 Å². The lowest BCUT2D eigenvalue weighted by Gasteiger charge is -2.36. The maximum atomic E-state index is 11.5. The van der Waals surface area contributed by atoms with Crippen molar-refractivity contribution in [2.24, 2.45) is 5.92 Å². The highest BCUT2D eigenvalue weighted by Gasteiger charge is 2.25. The summed E-state index contributed by atoms with van der Waals surface area (Å²) in [6.07, 6.45) is 2.61. The first-order valence-electron chi connectivity index (χ1n) is 7.69. The van der Waals surface area contributed by atoms with E-state index in [0.29, 0.717) is 6.04 Å². The van der Waals surface area contributed by atoms with E-state index < -0.39 is 0 Å². The maximum absolute atomic E-state index is 11.5. The Morgan fingerprint density at radius 1 is 1.42 bits per heavy atom. The molecule has 0 radical (unpaired) electrons. The summed E-state index contributed by atoms with van der Waals surface area (Å²) in [5.41, 5.74) is 0. The van der Waals surface area contributed by atoms with Gasteiger partial charge in [0.2, 0.25) is 0 Å². The van der Waals surface area contributed by atoms with Crippen molar-refractivity contribution in [3.8, 4) is 0 Å². The second kappa shape index (κ2) is 7.10. The standard InChI is InChI=1S/C14H28N4O/c1-3-15-12(2)13-5-4-7-17(11-13)9-10-18-8-6-16-14(18)19/h12-13,15H,3-11H2,1-2H3,(H,16,19). The molecule has 2 atom stereocenters. The summed E-state index contributed by atoms with van der Waals surface area (Å²) in [6.45, 7) is 11.4. The molecule has 0 aromatic carbocycles. The quantitative estimate of drug-likeness (QED) is 0.746. The van der Waals surface area contributed by atoms with Crippen LogP contribution in [0.4, 0.5) is 4.79 Å². The Morgan fingerprint density at radius 3 is 2.95 bits per heavy atom. The molecule has 0 aromatic heterocycles. The lowest BCUT2D eigenvalue weighted by atomic mass is 9.91. The average molecular weight is 268 g/mol. The highest BCUT2D eigenvalue weighted by molar-refractivity contribution is 5.76. The minimum absolute atomic E-state index is 0.106. The van der Waals surface area contributed by atoms with Crippen LogP contribution in [0.3, 0.4) is 0 Å². The Morgan fingerprint density at radius 2 is 2.26 bits per heavy atom. The number of hydrogen-bond acceptors (Lipinski definition) is 3. The van der Waals surface area contributed by atoms with Crippen LogP contribution in [0, 0.1) is 5.92 Å². The Labute approximate surface area is 116 Å². The van der Waals surface area contributed by atoms with E-state index >= 15 is 0 Å². The molecule has 2 N–H and O–H groups in total. The molecule has 0 aromatic rings. The lowest BCUT2D eigenvalue weighted by molar-refractivity contribution is 0.139. The van der Waals surface area contributed by atoms with Crippen molar-refractivity contribution in [1.82, 2.24) is 20.4 Å². The van der Waals surface area contributed by atoms with Crippen LogP contribution in [-0.4, -0.2) is 67.7 Å². The van der Waals surface area contributed by atoms with E-state index in [0.717, 1.165) is 38.6 Å². The van der Waals surface area contributed by atoms with Crippen molar-refractivity contribution in [2.75, 3.05) is 45.8 Å². The molecular weight excluding hydrogens is 240 g/mol. The molecular formula is C14H28N4O. The largest absolute Gasteiger partial charge is 0.336 e. The molecule has 2 aliphatic heterocycles. The highest BCUT2D eigenvalue weighted by atomic mass is 16.2. The first-order valence-corrected chi connectivity index (χ1v) is 7.69. The van der Waals surface area contributed by atoms with Crippen LogP contribution in [0.1, 0.15) is 26.7 Å². The zero-order valence-electron chi connectivity index (χ0n) is 12.3. The van der Waals surface area contributed by atoms with Gasteiger partial charge in [-0.25, -0.2) is 4.79 Å². The van der Waals surface area contributed by atoms with Crippen LogP contribution < -0.4 is 10.6 Å². The number of nitrogens with one attached hydrogen (secondary N) is 2. The molecule has 2 heterocycles. The van der Waals surface area contributed by atoms with Gasteiger partial charge in [-0.15, -0.1) is 0 Å². The monoisotopic (exact) mass is 268 g/mol. The van der Waals surface area contributed by atoms with Gasteiger partial charge in [-0.3, -0.25) is 0 Å². The Bertz CT molecular complexity index is 297. The number of hydrogen-bond donors (Lipinski definition) is 2. The van der Waals surface area contributed by atoms with Gasteiger partial charge >= 0.3 is 6.03 Å². The van der Waals surface area contributed by atoms with Gasteiger partial charge in [0.1, 0.15) is 0 Å². The zero-order valence-corrected chi connectivity index (χ0v) is 12.3. The predicted molar refractivity (Wildman–Crippen MR) is 77.3 cm³/mol. The second-order valence-electron chi connectivity index (χ2n) is 5.77. The van der Waals surface area contributed by atoms with Crippen molar-refractivity contribution in [1.29, 1.82) is 0 Å². The van der Waals surface area contributed by atoms with Gasteiger partial charge in [0.05, 0.1) is 0 Å². The van der Waals surface area contributed by atoms with Crippen LogP contribution in [0.25, 0.3) is 0 Å². The molecule has 2 rings (SSSR count). The van der Waals surface area contributed by atoms with Crippen molar-refractivity contribution in [2.45, 2.75) is 32.7 Å². The maximum Gasteiger partial charge on any atom is 0.317 e. The topological polar surface area (TPSA) is 47.6 Å². The van der Waals surface area contributed by atoms with Crippen molar-refractivity contribution in [3.05, 3.63) is 0 Å². The third-order valence-corrected chi connectivity index (χ3v) is 4.41. The van der Waals surface area contributed by atoms with Crippen LogP contribution in [-0.2, 0) is 0 Å². The zero-order chi connectivity index (χ0) is 13.7. The molecule has 110 valence electrons. The number of carbonyl (C=O) groups excluding carboxylic acids is 1. The van der Waals surface area contributed by atoms with Crippen LogP contribution in [0.15, 0.2) is 0 Å². The molecule has 0 spiro atoms. The first-order chi connectivity index (χ1) is 9.20. The van der Waals surface area contributed by atoms with Gasteiger partial charge in [-0.05, 0) is 38.8 Å². The van der Waals surface area contributed by atoms with Gasteiger partial charge in [0.25, 0.3) is 0 Å². The summed E-state index contributed by atoms with van der Waals surface area (Å²) in [6, 6.07) is 0.706. The number of carbonyl (C=O) groups is 1. The van der Waals surface area contributed by atoms with Gasteiger partial charge < -0.3 is 20.4 Å². The molecule has 0 bridgehead atoms. The molecule has 19 heavy (non-hydrogen) atoms. The smallest absolute Gasteiger partial charge is 0.317 e. The average Bonchev–Trinajstić information content (AvgIpc) is 2.82. The Kier molecular flexibility index (Phi) is 5.45. The van der Waals surface area contributed by atoms with Gasteiger partial charge in [0, 0.05) is 38.8 Å². The Balaban J connectivity index is 1.73. The van der Waals surface area contributed by atoms with Gasteiger partial charge in [0.15, 0.2) is 0 Å². The van der Waals surface area contributed by atoms with Gasteiger partial charge in [-0.1, -0.05) is 6.92 Å². The number of rotatable bonds is 6. The molecule has 2 unspecified atom stereocenters. The number of likely N-dealkylation sites (tertiary alicyclic amines) is 1. The molecule has 5 heteroatoms. The van der Waals surface area contributed by atoms with E-state index in [1.54, 1.807) is 0 Å². The third kappa shape index (κ3) is 4.08. The second-order valence-corrected chi connectivity index (χ2v) is 5.77. The summed E-state index contributed by atoms with van der Waals surface area (Å²) in [7, 11) is 0. The summed E-state index contributed by atoms with van der Waals surface area (Å²) in [5, 5.41) is 6.40. The highest BCUT2D eigenvalue weighted by Crippen LogP contribution is 2.19. The van der Waals surface area contributed by atoms with Crippen LogP contribution in [0.2, 0.25) is 0 Å². The summed E-state index contributed by atoms with van der Waals surface area (Å²) >= 11 is 0. The summed E-state index contributed by atoms with van der Waals surface area (Å²) in [4.78, 5) is 15.9. The lowest BCUT2D eigenvalue weighted by Crippen LogP contribution is -2.46. The fourth-order valence-corrected chi connectivity index (χ4v) is 3.18. The number of amides is 2. The number of urea groups is 1. The molecule has 2 saturated heterocycles. The van der Waals surface area contributed by atoms with E-state index in [-0.39, 0.29) is 6.03 Å². The predicted octanol–water partition coefficient (Wildman–Crippen LogP) is 0.722. The number of nitrogens with zero attached hydrogens (tertiary/aromatic N) is 2. The molecule has 5 nitrogen and oxygen atoms in total. The van der Waals surface area contributed by atoms with Crippen molar-refractivity contribution in [3.63, 3.8) is 0 Å². The van der Waals surface area contributed by atoms with E-state index in [9.17, 15) is 4.79 Å². The molecule has 0 aliphatic carbocycles. The van der Waals surface area contributed by atoms with Gasteiger partial charge in [-0.2, -0.15) is 0 Å². The van der Waals surface area contributed by atoms with E-state index in [4.69, 9.17) is 0 Å². The normalized spacial score (nSPS) is 26.5. The SMILES string of the molecule is CCNC(C)C1CCCN(CCN2CCNC2=O)C1. The summed E-state index contributed by atoms with van der Waals surface area (Å²) < 4.78 is 0. The fourth-order valence-electron chi connectivity index (χ4n) is 3.18. The molecule has 0 saturated carbocycles. The molecule has 2 amide bonds. The number of piperidine rings is 1. The minimum Gasteiger partial charge on any atom is -0.336 e. The first kappa shape index (κ1) is 14.6. The van der Waals surface area contributed by atoms with E-state index in [1.165, 1.54) is 25.9 Å². The van der Waals surface area contributed by atoms with Crippen LogP contribution in [0.5, 0.6) is 0 Å². The summed E-state index contributed by atoms with van der Waals surface area (Å²) in [5.74, 6) is 0.751. The minimum atomic E-state index is 0.106. The fraction of sp³-hybridized carbons (Fsp3) is 0.929. The Hall–Kier alpha value is -0.810. The van der Waals surface area contributed by atoms with E-state index in [2.05, 4.69) is 29.4 Å².